The van der Waals surface area contributed by atoms with Gasteiger partial charge >= 0.3 is 0 Å². The number of carbonyl (C=O) groups excluding carboxylic acids is 1. The van der Waals surface area contributed by atoms with Crippen molar-refractivity contribution in [1.82, 2.24) is 10.3 Å². The highest BCUT2D eigenvalue weighted by Gasteiger charge is 2.21. The van der Waals surface area contributed by atoms with Gasteiger partial charge in [-0.3, -0.25) is 4.79 Å². The Morgan fingerprint density at radius 1 is 1.36 bits per heavy atom. The highest BCUT2D eigenvalue weighted by Crippen LogP contribution is 2.23. The van der Waals surface area contributed by atoms with Gasteiger partial charge in [-0.2, -0.15) is 0 Å². The second-order valence-electron chi connectivity index (χ2n) is 5.65. The summed E-state index contributed by atoms with van der Waals surface area (Å²) < 4.78 is 5.79. The van der Waals surface area contributed by atoms with Gasteiger partial charge in [-0.25, -0.2) is 4.98 Å². The maximum Gasteiger partial charge on any atom is 0.252 e. The molecule has 0 unspecified atom stereocenters. The minimum atomic E-state index is -0.118. The average molecular weight is 294 g/mol. The summed E-state index contributed by atoms with van der Waals surface area (Å²) in [7, 11) is 0. The normalized spacial score (nSPS) is 12.9. The molecule has 0 fully saturated rings. The van der Waals surface area contributed by atoms with Crippen LogP contribution in [0, 0.1) is 0 Å². The van der Waals surface area contributed by atoms with E-state index in [1.807, 2.05) is 13.0 Å². The highest BCUT2D eigenvalue weighted by atomic mass is 16.5. The first kappa shape index (κ1) is 14.6. The molecule has 0 saturated heterocycles. The summed E-state index contributed by atoms with van der Waals surface area (Å²) in [4.78, 5) is 15.9. The van der Waals surface area contributed by atoms with E-state index in [1.165, 1.54) is 23.5 Å². The summed E-state index contributed by atoms with van der Waals surface area (Å²) in [6, 6.07) is 9.67. The largest absolute Gasteiger partial charge is 0.439 e. The summed E-state index contributed by atoms with van der Waals surface area (Å²) in [6.07, 6.45) is 3.85. The van der Waals surface area contributed by atoms with Gasteiger partial charge < -0.3 is 10.1 Å². The summed E-state index contributed by atoms with van der Waals surface area (Å²) in [5.41, 5.74) is 3.33. The first-order valence-corrected chi connectivity index (χ1v) is 7.72. The van der Waals surface area contributed by atoms with Crippen molar-refractivity contribution in [2.75, 3.05) is 6.54 Å². The molecule has 1 aliphatic rings. The van der Waals surface area contributed by atoms with Gasteiger partial charge in [-0.15, -0.1) is 0 Å². The molecule has 0 radical (unpaired) electrons. The third kappa shape index (κ3) is 2.98. The number of benzene rings is 1. The zero-order chi connectivity index (χ0) is 15.5. The van der Waals surface area contributed by atoms with Gasteiger partial charge in [0.15, 0.2) is 6.71 Å². The number of carbonyl (C=O) groups is 1. The van der Waals surface area contributed by atoms with Gasteiger partial charge in [0.25, 0.3) is 5.91 Å². The number of hydrogen-bond donors (Lipinski definition) is 1. The molecule has 1 aromatic carbocycles. The maximum absolute atomic E-state index is 11.7. The van der Waals surface area contributed by atoms with Crippen LogP contribution in [0.5, 0.6) is 11.6 Å². The Morgan fingerprint density at radius 2 is 2.23 bits per heavy atom. The number of aryl methyl sites for hydroxylation is 1. The van der Waals surface area contributed by atoms with Crippen LogP contribution in [0.15, 0.2) is 36.5 Å². The third-order valence-electron chi connectivity index (χ3n) is 4.05. The molecule has 1 aliphatic heterocycles. The molecule has 0 atom stereocenters. The number of amides is 1. The number of nitrogens with zero attached hydrogens (tertiary/aromatic N) is 1. The second kappa shape index (κ2) is 6.22. The van der Waals surface area contributed by atoms with Gasteiger partial charge in [-0.1, -0.05) is 30.2 Å². The molecule has 1 N–H and O–H groups in total. The number of hydrogen-bond acceptors (Lipinski definition) is 3. The summed E-state index contributed by atoms with van der Waals surface area (Å²) in [5.74, 6) is 1.18. The Morgan fingerprint density at radius 3 is 2.95 bits per heavy atom. The number of pyridine rings is 1. The first-order valence-electron chi connectivity index (χ1n) is 7.72. The smallest absolute Gasteiger partial charge is 0.252 e. The SMILES string of the molecule is CCNC(=O)c1ccc(Oc2ccc3c(c2)CCB3C)nc1. The number of ether oxygens (including phenoxy) is 1. The van der Waals surface area contributed by atoms with E-state index in [9.17, 15) is 4.79 Å². The maximum atomic E-state index is 11.7. The lowest BCUT2D eigenvalue weighted by atomic mass is 9.48. The molecule has 22 heavy (non-hydrogen) atoms. The molecule has 4 nitrogen and oxygen atoms in total. The van der Waals surface area contributed by atoms with Crippen LogP contribution in [-0.2, 0) is 6.42 Å². The highest BCUT2D eigenvalue weighted by molar-refractivity contribution is 6.73. The van der Waals surface area contributed by atoms with Gasteiger partial charge in [0.2, 0.25) is 5.88 Å². The predicted molar refractivity (Wildman–Crippen MR) is 88.5 cm³/mol. The van der Waals surface area contributed by atoms with Gasteiger partial charge in [-0.05, 0) is 31.5 Å². The lowest BCUT2D eigenvalue weighted by Crippen LogP contribution is -2.22. The average Bonchev–Trinajstić information content (AvgIpc) is 2.89. The van der Waals surface area contributed by atoms with E-state index >= 15 is 0 Å². The zero-order valence-electron chi connectivity index (χ0n) is 12.9. The van der Waals surface area contributed by atoms with E-state index in [2.05, 4.69) is 29.3 Å². The fourth-order valence-electron chi connectivity index (χ4n) is 2.83. The van der Waals surface area contributed by atoms with E-state index in [-0.39, 0.29) is 5.91 Å². The summed E-state index contributed by atoms with van der Waals surface area (Å²) in [5, 5.41) is 2.74. The number of fused-ring (bicyclic) bond motifs is 1. The number of rotatable bonds is 4. The molecule has 2 aromatic rings. The Balaban J connectivity index is 1.72. The molecule has 2 heterocycles. The van der Waals surface area contributed by atoms with Crippen molar-refractivity contribution in [2.24, 2.45) is 0 Å². The zero-order valence-corrected chi connectivity index (χ0v) is 12.9. The van der Waals surface area contributed by atoms with Crippen molar-refractivity contribution in [3.05, 3.63) is 47.7 Å². The lowest BCUT2D eigenvalue weighted by Gasteiger charge is -2.08. The van der Waals surface area contributed by atoms with Crippen molar-refractivity contribution in [3.63, 3.8) is 0 Å². The standard InChI is InChI=1S/C17H19BN2O2/c1-3-19-17(21)13-4-7-16(20-11-13)22-14-5-6-15-12(10-14)8-9-18(15)2/h4-7,10-11H,3,8-9H2,1-2H3,(H,19,21). The summed E-state index contributed by atoms with van der Waals surface area (Å²) in [6.45, 7) is 5.38. The topological polar surface area (TPSA) is 51.2 Å². The second-order valence-corrected chi connectivity index (χ2v) is 5.65. The Hall–Kier alpha value is -2.30. The van der Waals surface area contributed by atoms with Crippen molar-refractivity contribution in [1.29, 1.82) is 0 Å². The van der Waals surface area contributed by atoms with Gasteiger partial charge in [0.1, 0.15) is 5.75 Å². The quantitative estimate of drug-likeness (QED) is 0.882. The van der Waals surface area contributed by atoms with Crippen molar-refractivity contribution in [2.45, 2.75) is 26.5 Å². The van der Waals surface area contributed by atoms with Crippen molar-refractivity contribution in [3.8, 4) is 11.6 Å². The molecular formula is C17H19BN2O2. The molecule has 0 spiro atoms. The minimum absolute atomic E-state index is 0.118. The van der Waals surface area contributed by atoms with Gasteiger partial charge in [0.05, 0.1) is 5.56 Å². The van der Waals surface area contributed by atoms with Crippen LogP contribution in [0.25, 0.3) is 0 Å². The van der Waals surface area contributed by atoms with Crippen LogP contribution in [0.2, 0.25) is 13.1 Å². The molecule has 3 rings (SSSR count). The molecule has 112 valence electrons. The Kier molecular flexibility index (Phi) is 4.14. The van der Waals surface area contributed by atoms with Gasteiger partial charge in [0, 0.05) is 18.8 Å². The van der Waals surface area contributed by atoms with Crippen LogP contribution < -0.4 is 15.5 Å². The van der Waals surface area contributed by atoms with E-state index in [4.69, 9.17) is 4.74 Å². The van der Waals surface area contributed by atoms with Crippen LogP contribution in [0.3, 0.4) is 0 Å². The molecule has 5 heteroatoms. The fourth-order valence-corrected chi connectivity index (χ4v) is 2.83. The van der Waals surface area contributed by atoms with Crippen molar-refractivity contribution < 1.29 is 9.53 Å². The van der Waals surface area contributed by atoms with E-state index < -0.39 is 0 Å². The monoisotopic (exact) mass is 294 g/mol. The van der Waals surface area contributed by atoms with Crippen LogP contribution >= 0.6 is 0 Å². The number of nitrogens with one attached hydrogen (secondary N) is 1. The molecule has 0 saturated carbocycles. The minimum Gasteiger partial charge on any atom is -0.439 e. The van der Waals surface area contributed by atoms with Crippen LogP contribution in [0.4, 0.5) is 0 Å². The predicted octanol–water partition coefficient (Wildman–Crippen LogP) is 2.51. The fraction of sp³-hybridized carbons (Fsp3) is 0.294. The molecular weight excluding hydrogens is 275 g/mol. The molecule has 1 aromatic heterocycles. The first-order chi connectivity index (χ1) is 10.7. The molecule has 0 aliphatic carbocycles. The summed E-state index contributed by atoms with van der Waals surface area (Å²) >= 11 is 0. The van der Waals surface area contributed by atoms with Crippen LogP contribution in [-0.4, -0.2) is 24.1 Å². The Bertz CT molecular complexity index is 686. The van der Waals surface area contributed by atoms with Crippen LogP contribution in [0.1, 0.15) is 22.8 Å². The third-order valence-corrected chi connectivity index (χ3v) is 4.05. The van der Waals surface area contributed by atoms with E-state index in [0.29, 0.717) is 24.7 Å². The Labute approximate surface area is 131 Å². The van der Waals surface area contributed by atoms with E-state index in [1.54, 1.807) is 12.1 Å². The number of aromatic nitrogens is 1. The molecule has 1 amide bonds. The van der Waals surface area contributed by atoms with E-state index in [0.717, 1.165) is 12.2 Å². The molecule has 0 bridgehead atoms. The van der Waals surface area contributed by atoms with Crippen molar-refractivity contribution >= 4 is 18.1 Å². The lowest BCUT2D eigenvalue weighted by molar-refractivity contribution is 0.0955.